The molecule has 5 nitrogen and oxygen atoms in total. The van der Waals surface area contributed by atoms with Crippen LogP contribution in [0.2, 0.25) is 0 Å². The van der Waals surface area contributed by atoms with Crippen LogP contribution in [-0.2, 0) is 14.3 Å². The molecular formula is C16H21NO4. The fourth-order valence-corrected chi connectivity index (χ4v) is 2.60. The molecule has 21 heavy (non-hydrogen) atoms. The predicted molar refractivity (Wildman–Crippen MR) is 78.1 cm³/mol. The van der Waals surface area contributed by atoms with Crippen LogP contribution in [0, 0.1) is 19.8 Å². The van der Waals surface area contributed by atoms with Gasteiger partial charge >= 0.3 is 5.97 Å². The van der Waals surface area contributed by atoms with E-state index < -0.39 is 0 Å². The summed E-state index contributed by atoms with van der Waals surface area (Å²) >= 11 is 0. The number of carbonyl (C=O) groups is 2. The molecule has 0 aromatic heterocycles. The van der Waals surface area contributed by atoms with E-state index in [9.17, 15) is 9.59 Å². The Morgan fingerprint density at radius 1 is 1.29 bits per heavy atom. The highest BCUT2D eigenvalue weighted by Crippen LogP contribution is 2.23. The number of likely N-dealkylation sites (tertiary alicyclic amines) is 1. The second-order valence-corrected chi connectivity index (χ2v) is 5.36. The number of hydrogen-bond acceptors (Lipinski definition) is 4. The molecule has 1 saturated heterocycles. The van der Waals surface area contributed by atoms with E-state index in [2.05, 4.69) is 0 Å². The number of ether oxygens (including phenoxy) is 2. The largest absolute Gasteiger partial charge is 0.483 e. The predicted octanol–water partition coefficient (Wildman–Crippen LogP) is 1.70. The summed E-state index contributed by atoms with van der Waals surface area (Å²) in [6.45, 7) is 4.90. The summed E-state index contributed by atoms with van der Waals surface area (Å²) in [5.41, 5.74) is 2.02. The highest BCUT2D eigenvalue weighted by atomic mass is 16.5. The average Bonchev–Trinajstić information content (AvgIpc) is 2.95. The van der Waals surface area contributed by atoms with Gasteiger partial charge in [-0.1, -0.05) is 18.2 Å². The van der Waals surface area contributed by atoms with Gasteiger partial charge in [0.1, 0.15) is 5.75 Å². The van der Waals surface area contributed by atoms with Crippen molar-refractivity contribution in [1.29, 1.82) is 0 Å². The summed E-state index contributed by atoms with van der Waals surface area (Å²) in [6.07, 6.45) is 0.655. The third kappa shape index (κ3) is 3.54. The minimum Gasteiger partial charge on any atom is -0.483 e. The number of methoxy groups -OCH3 is 1. The lowest BCUT2D eigenvalue weighted by molar-refractivity contribution is -0.145. The summed E-state index contributed by atoms with van der Waals surface area (Å²) in [4.78, 5) is 25.3. The molecule has 1 aliphatic rings. The lowest BCUT2D eigenvalue weighted by Gasteiger charge is -2.17. The second kappa shape index (κ2) is 6.61. The Balaban J connectivity index is 1.90. The van der Waals surface area contributed by atoms with E-state index in [0.29, 0.717) is 19.5 Å². The lowest BCUT2D eigenvalue weighted by atomic mass is 10.1. The van der Waals surface area contributed by atoms with Crippen LogP contribution in [-0.4, -0.2) is 43.6 Å². The van der Waals surface area contributed by atoms with Crippen LogP contribution in [0.3, 0.4) is 0 Å². The van der Waals surface area contributed by atoms with Crippen molar-refractivity contribution in [2.75, 3.05) is 26.8 Å². The number of benzene rings is 1. The zero-order valence-corrected chi connectivity index (χ0v) is 12.7. The van der Waals surface area contributed by atoms with Crippen LogP contribution in [0.15, 0.2) is 18.2 Å². The Bertz CT molecular complexity index is 521. The van der Waals surface area contributed by atoms with Crippen LogP contribution in [0.1, 0.15) is 17.5 Å². The van der Waals surface area contributed by atoms with E-state index in [1.54, 1.807) is 4.90 Å². The molecule has 1 atom stereocenters. The molecule has 1 aromatic carbocycles. The highest BCUT2D eigenvalue weighted by Gasteiger charge is 2.31. The van der Waals surface area contributed by atoms with Crippen molar-refractivity contribution < 1.29 is 19.1 Å². The molecule has 0 N–H and O–H groups in total. The zero-order chi connectivity index (χ0) is 15.4. The topological polar surface area (TPSA) is 55.8 Å². The summed E-state index contributed by atoms with van der Waals surface area (Å²) in [5, 5.41) is 0. The van der Waals surface area contributed by atoms with E-state index in [1.165, 1.54) is 7.11 Å². The Morgan fingerprint density at radius 3 is 2.57 bits per heavy atom. The smallest absolute Gasteiger partial charge is 0.310 e. The number of rotatable bonds is 4. The van der Waals surface area contributed by atoms with E-state index in [1.807, 2.05) is 32.0 Å². The molecule has 0 spiro atoms. The Morgan fingerprint density at radius 2 is 1.95 bits per heavy atom. The fraction of sp³-hybridized carbons (Fsp3) is 0.500. The molecule has 1 aromatic rings. The second-order valence-electron chi connectivity index (χ2n) is 5.36. The number of aryl methyl sites for hydroxylation is 2. The number of para-hydroxylation sites is 1. The van der Waals surface area contributed by atoms with Crippen LogP contribution in [0.25, 0.3) is 0 Å². The number of hydrogen-bond donors (Lipinski definition) is 0. The van der Waals surface area contributed by atoms with Crippen molar-refractivity contribution in [2.45, 2.75) is 20.3 Å². The molecule has 0 aliphatic carbocycles. The summed E-state index contributed by atoms with van der Waals surface area (Å²) in [6, 6.07) is 5.87. The van der Waals surface area contributed by atoms with Gasteiger partial charge in [-0.25, -0.2) is 0 Å². The van der Waals surface area contributed by atoms with Crippen LogP contribution >= 0.6 is 0 Å². The first-order valence-electron chi connectivity index (χ1n) is 7.07. The Kier molecular flexibility index (Phi) is 4.83. The highest BCUT2D eigenvalue weighted by molar-refractivity contribution is 5.80. The maximum Gasteiger partial charge on any atom is 0.310 e. The first-order chi connectivity index (χ1) is 10.0. The van der Waals surface area contributed by atoms with Gasteiger partial charge in [0.2, 0.25) is 0 Å². The van der Waals surface area contributed by atoms with Gasteiger partial charge in [0, 0.05) is 13.1 Å². The van der Waals surface area contributed by atoms with Crippen LogP contribution < -0.4 is 4.74 Å². The summed E-state index contributed by atoms with van der Waals surface area (Å²) in [5.74, 6) is 0.207. The molecule has 5 heteroatoms. The molecule has 1 aliphatic heterocycles. The van der Waals surface area contributed by atoms with Gasteiger partial charge in [-0.2, -0.15) is 0 Å². The zero-order valence-electron chi connectivity index (χ0n) is 12.7. The summed E-state index contributed by atoms with van der Waals surface area (Å²) < 4.78 is 10.4. The van der Waals surface area contributed by atoms with Crippen molar-refractivity contribution in [3.8, 4) is 5.75 Å². The van der Waals surface area contributed by atoms with Crippen molar-refractivity contribution in [1.82, 2.24) is 4.90 Å². The van der Waals surface area contributed by atoms with Gasteiger partial charge in [0.25, 0.3) is 5.91 Å². The van der Waals surface area contributed by atoms with Gasteiger partial charge in [-0.3, -0.25) is 9.59 Å². The SMILES string of the molecule is COC(=O)C1CCN(C(=O)COc2c(C)cccc2C)C1. The minimum atomic E-state index is -0.249. The van der Waals surface area contributed by atoms with Crippen LogP contribution in [0.4, 0.5) is 0 Å². The molecule has 1 fully saturated rings. The normalized spacial score (nSPS) is 17.7. The van der Waals surface area contributed by atoms with Crippen molar-refractivity contribution in [3.05, 3.63) is 29.3 Å². The van der Waals surface area contributed by atoms with E-state index in [4.69, 9.17) is 9.47 Å². The first-order valence-corrected chi connectivity index (χ1v) is 7.07. The van der Waals surface area contributed by atoms with Gasteiger partial charge in [0.15, 0.2) is 6.61 Å². The van der Waals surface area contributed by atoms with Gasteiger partial charge < -0.3 is 14.4 Å². The number of carbonyl (C=O) groups excluding carboxylic acids is 2. The maximum absolute atomic E-state index is 12.1. The van der Waals surface area contributed by atoms with Crippen molar-refractivity contribution in [2.24, 2.45) is 5.92 Å². The Hall–Kier alpha value is -2.04. The van der Waals surface area contributed by atoms with Crippen molar-refractivity contribution in [3.63, 3.8) is 0 Å². The molecule has 1 unspecified atom stereocenters. The quantitative estimate of drug-likeness (QED) is 0.792. The molecule has 0 saturated carbocycles. The van der Waals surface area contributed by atoms with Gasteiger partial charge in [0.05, 0.1) is 13.0 Å². The van der Waals surface area contributed by atoms with Gasteiger partial charge in [-0.15, -0.1) is 0 Å². The maximum atomic E-state index is 12.1. The third-order valence-corrected chi connectivity index (χ3v) is 3.82. The number of nitrogens with zero attached hydrogens (tertiary/aromatic N) is 1. The fourth-order valence-electron chi connectivity index (χ4n) is 2.60. The molecule has 1 heterocycles. The molecule has 0 bridgehead atoms. The average molecular weight is 291 g/mol. The van der Waals surface area contributed by atoms with Gasteiger partial charge in [-0.05, 0) is 31.4 Å². The third-order valence-electron chi connectivity index (χ3n) is 3.82. The monoisotopic (exact) mass is 291 g/mol. The Labute approximate surface area is 124 Å². The number of amides is 1. The lowest BCUT2D eigenvalue weighted by Crippen LogP contribution is -2.34. The van der Waals surface area contributed by atoms with Crippen LogP contribution in [0.5, 0.6) is 5.75 Å². The van der Waals surface area contributed by atoms with E-state index >= 15 is 0 Å². The molecule has 0 radical (unpaired) electrons. The minimum absolute atomic E-state index is 0.000411. The van der Waals surface area contributed by atoms with Crippen molar-refractivity contribution >= 4 is 11.9 Å². The number of esters is 1. The van der Waals surface area contributed by atoms with E-state index in [0.717, 1.165) is 16.9 Å². The van der Waals surface area contributed by atoms with E-state index in [-0.39, 0.29) is 24.4 Å². The first kappa shape index (κ1) is 15.4. The molecular weight excluding hydrogens is 270 g/mol. The molecule has 1 amide bonds. The standard InChI is InChI=1S/C16H21NO4/c1-11-5-4-6-12(2)15(11)21-10-14(18)17-8-7-13(9-17)16(19)20-3/h4-6,13H,7-10H2,1-3H3. The summed E-state index contributed by atoms with van der Waals surface area (Å²) in [7, 11) is 1.37. The molecule has 2 rings (SSSR count). The molecule has 114 valence electrons.